The molecule has 0 unspecified atom stereocenters. The molecule has 1 aliphatic rings. The number of benzene rings is 1. The fourth-order valence-corrected chi connectivity index (χ4v) is 2.18. The Hall–Kier alpha value is -1.72. The molecule has 1 heterocycles. The van der Waals surface area contributed by atoms with Crippen LogP contribution in [0.1, 0.15) is 17.5 Å². The highest BCUT2D eigenvalue weighted by molar-refractivity contribution is 6.19. The summed E-state index contributed by atoms with van der Waals surface area (Å²) in [5.41, 5.74) is 8.06. The summed E-state index contributed by atoms with van der Waals surface area (Å²) in [4.78, 5) is 24.7. The summed E-state index contributed by atoms with van der Waals surface area (Å²) in [5, 5.41) is 8.77. The van der Waals surface area contributed by atoms with Gasteiger partial charge in [0.25, 0.3) is 0 Å². The third-order valence-corrected chi connectivity index (χ3v) is 2.98. The van der Waals surface area contributed by atoms with Gasteiger partial charge in [0.2, 0.25) is 11.8 Å². The van der Waals surface area contributed by atoms with Crippen molar-refractivity contribution in [2.75, 3.05) is 18.1 Å². The number of carbonyl (C=O) groups excluding carboxylic acids is 2. The number of amides is 2. The lowest BCUT2D eigenvalue weighted by Crippen LogP contribution is -2.34. The first-order valence-corrected chi connectivity index (χ1v) is 5.96. The summed E-state index contributed by atoms with van der Waals surface area (Å²) < 4.78 is 0. The number of fused-ring (bicyclic) bond motifs is 1. The number of aliphatic hydroxyl groups excluding tert-OH is 1. The molecule has 0 bridgehead atoms. The highest BCUT2D eigenvalue weighted by Crippen LogP contribution is 2.30. The zero-order valence-corrected chi connectivity index (χ0v) is 10.1. The first kappa shape index (κ1) is 12.7. The number of hydrogen-bond donors (Lipinski definition) is 2. The molecule has 18 heavy (non-hydrogen) atoms. The summed E-state index contributed by atoms with van der Waals surface area (Å²) in [6, 6.07) is 5.58. The molecule has 1 aromatic carbocycles. The van der Waals surface area contributed by atoms with Gasteiger partial charge in [0.05, 0.1) is 25.1 Å². The topological polar surface area (TPSA) is 83.6 Å². The summed E-state index contributed by atoms with van der Waals surface area (Å²) in [7, 11) is 0. The van der Waals surface area contributed by atoms with Gasteiger partial charge in [-0.3, -0.25) is 9.59 Å². The number of hydrogen-bond acceptors (Lipinski definition) is 4. The average molecular weight is 248 g/mol. The van der Waals surface area contributed by atoms with Gasteiger partial charge in [-0.05, 0) is 30.2 Å². The fourth-order valence-electron chi connectivity index (χ4n) is 2.18. The van der Waals surface area contributed by atoms with Crippen LogP contribution in [0.15, 0.2) is 18.2 Å². The lowest BCUT2D eigenvalue weighted by atomic mass is 10.1. The number of carbonyl (C=O) groups is 2. The maximum absolute atomic E-state index is 11.8. The van der Waals surface area contributed by atoms with E-state index in [0.717, 1.165) is 22.4 Å². The Balaban J connectivity index is 2.29. The highest BCUT2D eigenvalue weighted by atomic mass is 16.3. The summed E-state index contributed by atoms with van der Waals surface area (Å²) in [5.74, 6) is -0.582. The molecule has 0 aliphatic carbocycles. The van der Waals surface area contributed by atoms with Crippen molar-refractivity contribution in [3.05, 3.63) is 29.3 Å². The van der Waals surface area contributed by atoms with Crippen LogP contribution >= 0.6 is 0 Å². The predicted molar refractivity (Wildman–Crippen MR) is 67.1 cm³/mol. The number of nitrogens with zero attached hydrogens (tertiary/aromatic N) is 1. The molecule has 5 nitrogen and oxygen atoms in total. The maximum Gasteiger partial charge on any atom is 0.238 e. The first-order valence-electron chi connectivity index (χ1n) is 5.96. The van der Waals surface area contributed by atoms with Gasteiger partial charge in [-0.25, -0.2) is 4.90 Å². The minimum atomic E-state index is -0.354. The predicted octanol–water partition coefficient (Wildman–Crippen LogP) is -0.0141. The quantitative estimate of drug-likeness (QED) is 0.784. The number of aliphatic hydroxyl groups is 1. The van der Waals surface area contributed by atoms with Crippen LogP contribution < -0.4 is 10.6 Å². The van der Waals surface area contributed by atoms with Gasteiger partial charge >= 0.3 is 0 Å². The molecular weight excluding hydrogens is 232 g/mol. The van der Waals surface area contributed by atoms with E-state index >= 15 is 0 Å². The van der Waals surface area contributed by atoms with Crippen molar-refractivity contribution >= 4 is 17.5 Å². The van der Waals surface area contributed by atoms with Gasteiger partial charge in [0.15, 0.2) is 0 Å². The summed E-state index contributed by atoms with van der Waals surface area (Å²) >= 11 is 0. The third kappa shape index (κ3) is 2.27. The normalized spacial score (nSPS) is 13.9. The maximum atomic E-state index is 11.8. The smallest absolute Gasteiger partial charge is 0.238 e. The molecule has 1 aromatic rings. The molecule has 0 radical (unpaired) electrons. The first-order chi connectivity index (χ1) is 8.67. The molecule has 0 saturated heterocycles. The van der Waals surface area contributed by atoms with Gasteiger partial charge in [-0.2, -0.15) is 0 Å². The van der Waals surface area contributed by atoms with Crippen LogP contribution in [0.2, 0.25) is 0 Å². The standard InChI is InChI=1S/C13H16N2O3/c14-5-3-9-1-2-11-10(7-9)8-13(18)15(11)12(17)4-6-16/h1-2,7,16H,3-6,8,14H2. The van der Waals surface area contributed by atoms with Crippen molar-refractivity contribution in [1.82, 2.24) is 0 Å². The van der Waals surface area contributed by atoms with Gasteiger partial charge in [0, 0.05) is 0 Å². The molecule has 0 saturated carbocycles. The molecule has 0 aromatic heterocycles. The second kappa shape index (κ2) is 5.29. The van der Waals surface area contributed by atoms with E-state index in [2.05, 4.69) is 0 Å². The fraction of sp³-hybridized carbons (Fsp3) is 0.385. The lowest BCUT2D eigenvalue weighted by molar-refractivity contribution is -0.125. The van der Waals surface area contributed by atoms with E-state index in [1.165, 1.54) is 0 Å². The van der Waals surface area contributed by atoms with Crippen LogP contribution in [-0.2, 0) is 22.4 Å². The Morgan fingerprint density at radius 1 is 1.44 bits per heavy atom. The van der Waals surface area contributed by atoms with E-state index in [1.807, 2.05) is 12.1 Å². The van der Waals surface area contributed by atoms with Crippen LogP contribution in [0.4, 0.5) is 5.69 Å². The molecule has 3 N–H and O–H groups in total. The van der Waals surface area contributed by atoms with Crippen molar-refractivity contribution in [1.29, 1.82) is 0 Å². The highest BCUT2D eigenvalue weighted by Gasteiger charge is 2.31. The molecular formula is C13H16N2O3. The summed E-state index contributed by atoms with van der Waals surface area (Å²) in [6.45, 7) is 0.309. The van der Waals surface area contributed by atoms with Crippen LogP contribution in [0.3, 0.4) is 0 Å². The molecule has 0 fully saturated rings. The zero-order chi connectivity index (χ0) is 13.1. The molecule has 0 atom stereocenters. The largest absolute Gasteiger partial charge is 0.396 e. The van der Waals surface area contributed by atoms with E-state index in [4.69, 9.17) is 10.8 Å². The second-order valence-electron chi connectivity index (χ2n) is 4.28. The molecule has 0 spiro atoms. The number of anilines is 1. The number of rotatable bonds is 4. The van der Waals surface area contributed by atoms with E-state index in [-0.39, 0.29) is 31.3 Å². The Morgan fingerprint density at radius 3 is 2.89 bits per heavy atom. The Bertz CT molecular complexity index is 485. The van der Waals surface area contributed by atoms with E-state index in [9.17, 15) is 9.59 Å². The van der Waals surface area contributed by atoms with E-state index < -0.39 is 0 Å². The molecule has 5 heteroatoms. The van der Waals surface area contributed by atoms with Crippen LogP contribution in [-0.4, -0.2) is 30.1 Å². The SMILES string of the molecule is NCCc1ccc2c(c1)CC(=O)N2C(=O)CCO. The molecule has 2 amide bonds. The zero-order valence-electron chi connectivity index (χ0n) is 10.1. The third-order valence-electron chi connectivity index (χ3n) is 2.98. The molecule has 1 aliphatic heterocycles. The minimum absolute atomic E-state index is 0.0320. The number of imide groups is 1. The Morgan fingerprint density at radius 2 is 2.22 bits per heavy atom. The van der Waals surface area contributed by atoms with Gasteiger partial charge in [-0.1, -0.05) is 12.1 Å². The second-order valence-corrected chi connectivity index (χ2v) is 4.28. The van der Waals surface area contributed by atoms with Gasteiger partial charge in [0.1, 0.15) is 0 Å². The van der Waals surface area contributed by atoms with Gasteiger partial charge in [-0.15, -0.1) is 0 Å². The Kier molecular flexibility index (Phi) is 3.74. The van der Waals surface area contributed by atoms with Crippen molar-refractivity contribution in [2.45, 2.75) is 19.3 Å². The molecule has 2 rings (SSSR count). The van der Waals surface area contributed by atoms with E-state index in [1.54, 1.807) is 6.07 Å². The molecule has 96 valence electrons. The summed E-state index contributed by atoms with van der Waals surface area (Å²) in [6.07, 6.45) is 0.965. The lowest BCUT2D eigenvalue weighted by Gasteiger charge is -2.15. The van der Waals surface area contributed by atoms with E-state index in [0.29, 0.717) is 12.2 Å². The van der Waals surface area contributed by atoms with Crippen molar-refractivity contribution in [2.24, 2.45) is 5.73 Å². The van der Waals surface area contributed by atoms with Crippen molar-refractivity contribution in [3.63, 3.8) is 0 Å². The average Bonchev–Trinajstić information content (AvgIpc) is 2.65. The van der Waals surface area contributed by atoms with Crippen molar-refractivity contribution < 1.29 is 14.7 Å². The van der Waals surface area contributed by atoms with Gasteiger partial charge < -0.3 is 10.8 Å². The number of nitrogens with two attached hydrogens (primary N) is 1. The van der Waals surface area contributed by atoms with Crippen LogP contribution in [0.5, 0.6) is 0 Å². The van der Waals surface area contributed by atoms with Crippen LogP contribution in [0.25, 0.3) is 0 Å². The monoisotopic (exact) mass is 248 g/mol. The van der Waals surface area contributed by atoms with Crippen LogP contribution in [0, 0.1) is 0 Å². The van der Waals surface area contributed by atoms with Crippen molar-refractivity contribution in [3.8, 4) is 0 Å². The Labute approximate surface area is 105 Å². The minimum Gasteiger partial charge on any atom is -0.396 e.